The molecule has 0 radical (unpaired) electrons. The maximum absolute atomic E-state index is 10.6. The Morgan fingerprint density at radius 1 is 1.35 bits per heavy atom. The number of benzene rings is 1. The quantitative estimate of drug-likeness (QED) is 0.575. The Kier molecular flexibility index (Phi) is 3.17. The first-order chi connectivity index (χ1) is 8.13. The first-order valence-corrected chi connectivity index (χ1v) is 6.32. The van der Waals surface area contributed by atoms with Crippen LogP contribution in [0.2, 0.25) is 0 Å². The van der Waals surface area contributed by atoms with Crippen molar-refractivity contribution in [1.29, 1.82) is 0 Å². The second-order valence-corrected chi connectivity index (χ2v) is 5.03. The summed E-state index contributed by atoms with van der Waals surface area (Å²) in [5, 5.41) is 0. The van der Waals surface area contributed by atoms with Gasteiger partial charge in [-0.25, -0.2) is 4.79 Å². The van der Waals surface area contributed by atoms with Gasteiger partial charge in [-0.05, 0) is 61.8 Å². The van der Waals surface area contributed by atoms with Crippen LogP contribution in [0, 0.1) is 13.8 Å². The molecule has 1 aliphatic carbocycles. The maximum Gasteiger partial charge on any atom is 0.235 e. The third-order valence-electron chi connectivity index (χ3n) is 4.08. The highest BCUT2D eigenvalue weighted by Crippen LogP contribution is 2.46. The third-order valence-corrected chi connectivity index (χ3v) is 4.08. The normalized spacial score (nSPS) is 17.1. The molecular formula is C15H19NO. The first-order valence-electron chi connectivity index (χ1n) is 6.32. The van der Waals surface area contributed by atoms with Crippen LogP contribution >= 0.6 is 0 Å². The zero-order valence-corrected chi connectivity index (χ0v) is 10.8. The fraction of sp³-hybridized carbons (Fsp3) is 0.533. The molecule has 2 nitrogen and oxygen atoms in total. The van der Waals surface area contributed by atoms with Gasteiger partial charge in [0.25, 0.3) is 0 Å². The lowest BCUT2D eigenvalue weighted by molar-refractivity contribution is 0.254. The summed E-state index contributed by atoms with van der Waals surface area (Å²) < 4.78 is 0. The molecule has 2 heteroatoms. The predicted octanol–water partition coefficient (Wildman–Crippen LogP) is 3.58. The van der Waals surface area contributed by atoms with Gasteiger partial charge in [0.1, 0.15) is 0 Å². The molecule has 1 aromatic rings. The Labute approximate surface area is 103 Å². The summed E-state index contributed by atoms with van der Waals surface area (Å²) in [7, 11) is 0. The molecular weight excluding hydrogens is 210 g/mol. The van der Waals surface area contributed by atoms with Crippen LogP contribution < -0.4 is 0 Å². The fourth-order valence-corrected chi connectivity index (χ4v) is 2.66. The summed E-state index contributed by atoms with van der Waals surface area (Å²) in [6.07, 6.45) is 5.91. The van der Waals surface area contributed by atoms with Crippen LogP contribution in [-0.4, -0.2) is 6.08 Å². The largest absolute Gasteiger partial charge is 0.235 e. The van der Waals surface area contributed by atoms with Crippen molar-refractivity contribution in [3.05, 3.63) is 34.4 Å². The van der Waals surface area contributed by atoms with E-state index in [0.717, 1.165) is 25.7 Å². The molecule has 0 amide bonds. The van der Waals surface area contributed by atoms with Crippen molar-refractivity contribution in [2.75, 3.05) is 0 Å². The Bertz CT molecular complexity index is 480. The van der Waals surface area contributed by atoms with Crippen molar-refractivity contribution >= 4 is 6.08 Å². The van der Waals surface area contributed by atoms with E-state index in [1.165, 1.54) is 22.3 Å². The average Bonchev–Trinajstić information content (AvgIpc) is 2.27. The van der Waals surface area contributed by atoms with Gasteiger partial charge in [0.05, 0.1) is 5.54 Å². The minimum Gasteiger partial charge on any atom is -0.211 e. The zero-order chi connectivity index (χ0) is 12.5. The van der Waals surface area contributed by atoms with E-state index in [9.17, 15) is 4.79 Å². The van der Waals surface area contributed by atoms with Gasteiger partial charge < -0.3 is 0 Å². The molecule has 17 heavy (non-hydrogen) atoms. The van der Waals surface area contributed by atoms with Crippen LogP contribution in [0.15, 0.2) is 17.1 Å². The van der Waals surface area contributed by atoms with Gasteiger partial charge in [-0.15, -0.1) is 0 Å². The van der Waals surface area contributed by atoms with Gasteiger partial charge in [0.15, 0.2) is 0 Å². The van der Waals surface area contributed by atoms with Crippen molar-refractivity contribution < 1.29 is 4.79 Å². The molecule has 0 N–H and O–H groups in total. The molecule has 0 heterocycles. The average molecular weight is 229 g/mol. The smallest absolute Gasteiger partial charge is 0.211 e. The number of aryl methyl sites for hydroxylation is 2. The molecule has 0 spiro atoms. The van der Waals surface area contributed by atoms with E-state index < -0.39 is 0 Å². The molecule has 0 aromatic heterocycles. The van der Waals surface area contributed by atoms with Crippen molar-refractivity contribution in [2.45, 2.75) is 52.0 Å². The zero-order valence-electron chi connectivity index (χ0n) is 10.8. The summed E-state index contributed by atoms with van der Waals surface area (Å²) in [6.45, 7) is 6.42. The molecule has 1 fully saturated rings. The molecule has 0 saturated heterocycles. The third kappa shape index (κ3) is 1.94. The van der Waals surface area contributed by atoms with Crippen LogP contribution in [-0.2, 0) is 16.8 Å². The number of aliphatic imine (C=N–C) groups is 1. The Balaban J connectivity index is 2.57. The lowest BCUT2D eigenvalue weighted by Crippen LogP contribution is -2.33. The van der Waals surface area contributed by atoms with E-state index in [1.54, 1.807) is 6.08 Å². The second kappa shape index (κ2) is 4.46. The summed E-state index contributed by atoms with van der Waals surface area (Å²) in [5.74, 6) is 0. The van der Waals surface area contributed by atoms with E-state index >= 15 is 0 Å². The number of isocyanates is 1. The molecule has 0 aliphatic heterocycles. The standard InChI is InChI=1S/C15H19NO/c1-4-13-8-11(2)12(3)14(9-13)15(16-10-17)6-5-7-15/h8-9H,4-7H2,1-3H3. The lowest BCUT2D eigenvalue weighted by atomic mass is 9.70. The number of hydrogen-bond donors (Lipinski definition) is 0. The summed E-state index contributed by atoms with van der Waals surface area (Å²) >= 11 is 0. The fourth-order valence-electron chi connectivity index (χ4n) is 2.66. The molecule has 0 unspecified atom stereocenters. The molecule has 1 aliphatic rings. The van der Waals surface area contributed by atoms with Crippen LogP contribution in [0.25, 0.3) is 0 Å². The van der Waals surface area contributed by atoms with Crippen LogP contribution in [0.5, 0.6) is 0 Å². The lowest BCUT2D eigenvalue weighted by Gasteiger charge is -2.38. The van der Waals surface area contributed by atoms with Gasteiger partial charge in [-0.2, -0.15) is 4.99 Å². The van der Waals surface area contributed by atoms with Gasteiger partial charge in [-0.1, -0.05) is 19.1 Å². The number of carbonyl (C=O) groups excluding carboxylic acids is 1. The monoisotopic (exact) mass is 229 g/mol. The van der Waals surface area contributed by atoms with E-state index in [1.807, 2.05) is 0 Å². The van der Waals surface area contributed by atoms with Crippen molar-refractivity contribution in [2.24, 2.45) is 4.99 Å². The minimum absolute atomic E-state index is 0.262. The van der Waals surface area contributed by atoms with E-state index in [2.05, 4.69) is 37.9 Å². The minimum atomic E-state index is -0.262. The molecule has 1 aromatic carbocycles. The Hall–Kier alpha value is -1.40. The van der Waals surface area contributed by atoms with Gasteiger partial charge in [0, 0.05) is 0 Å². The van der Waals surface area contributed by atoms with Gasteiger partial charge in [0.2, 0.25) is 6.08 Å². The van der Waals surface area contributed by atoms with Crippen molar-refractivity contribution in [3.8, 4) is 0 Å². The topological polar surface area (TPSA) is 29.4 Å². The molecule has 0 atom stereocenters. The number of hydrogen-bond acceptors (Lipinski definition) is 2. The predicted molar refractivity (Wildman–Crippen MR) is 68.9 cm³/mol. The molecule has 0 bridgehead atoms. The molecule has 1 saturated carbocycles. The maximum atomic E-state index is 10.6. The SMILES string of the molecule is CCc1cc(C)c(C)c(C2(N=C=O)CCC2)c1. The molecule has 2 rings (SSSR count). The summed E-state index contributed by atoms with van der Waals surface area (Å²) in [4.78, 5) is 14.7. The van der Waals surface area contributed by atoms with Crippen LogP contribution in [0.3, 0.4) is 0 Å². The first kappa shape index (κ1) is 12.1. The highest BCUT2D eigenvalue weighted by atomic mass is 16.1. The second-order valence-electron chi connectivity index (χ2n) is 5.03. The highest BCUT2D eigenvalue weighted by Gasteiger charge is 2.40. The Morgan fingerprint density at radius 2 is 2.06 bits per heavy atom. The summed E-state index contributed by atoms with van der Waals surface area (Å²) in [5.41, 5.74) is 4.88. The van der Waals surface area contributed by atoms with Gasteiger partial charge in [-0.3, -0.25) is 0 Å². The Morgan fingerprint density at radius 3 is 2.53 bits per heavy atom. The van der Waals surface area contributed by atoms with E-state index in [4.69, 9.17) is 0 Å². The summed E-state index contributed by atoms with van der Waals surface area (Å²) in [6, 6.07) is 4.46. The highest BCUT2D eigenvalue weighted by molar-refractivity contribution is 5.46. The van der Waals surface area contributed by atoms with E-state index in [0.29, 0.717) is 0 Å². The van der Waals surface area contributed by atoms with Crippen LogP contribution in [0.1, 0.15) is 48.4 Å². The van der Waals surface area contributed by atoms with Crippen molar-refractivity contribution in [1.82, 2.24) is 0 Å². The van der Waals surface area contributed by atoms with Crippen molar-refractivity contribution in [3.63, 3.8) is 0 Å². The molecule has 90 valence electrons. The van der Waals surface area contributed by atoms with Crippen LogP contribution in [0.4, 0.5) is 0 Å². The van der Waals surface area contributed by atoms with E-state index in [-0.39, 0.29) is 5.54 Å². The number of nitrogens with zero attached hydrogens (tertiary/aromatic N) is 1. The number of rotatable bonds is 3. The van der Waals surface area contributed by atoms with Gasteiger partial charge >= 0.3 is 0 Å².